The van der Waals surface area contributed by atoms with Crippen molar-refractivity contribution in [1.29, 1.82) is 0 Å². The Kier molecular flexibility index (Phi) is 12.8. The molecular weight excluding hydrogens is 861 g/mol. The van der Waals surface area contributed by atoms with Gasteiger partial charge in [-0.2, -0.15) is 0 Å². The van der Waals surface area contributed by atoms with E-state index in [1.165, 1.54) is 69.5 Å². The first-order valence-corrected chi connectivity index (χ1v) is 21.3. The Hall–Kier alpha value is -5.06. The summed E-state index contributed by atoms with van der Waals surface area (Å²) in [4.78, 5) is 29.0. The first-order chi connectivity index (χ1) is 27.7. The van der Waals surface area contributed by atoms with Crippen LogP contribution in [-0.2, 0) is 26.6 Å². The van der Waals surface area contributed by atoms with Crippen LogP contribution >= 0.6 is 7.81 Å². The molecule has 1 fully saturated rings. The number of fused-ring (bicyclic) bond motifs is 9. The van der Waals surface area contributed by atoms with Crippen molar-refractivity contribution < 1.29 is 51.8 Å². The van der Waals surface area contributed by atoms with Crippen molar-refractivity contribution in [2.24, 2.45) is 0 Å². The summed E-state index contributed by atoms with van der Waals surface area (Å²) in [5.41, 5.74) is 20.4. The van der Waals surface area contributed by atoms with E-state index in [-0.39, 0.29) is 35.1 Å². The Morgan fingerprint density at radius 1 is 0.508 bits per heavy atom. The molecule has 3 aromatic carbocycles. The third-order valence-corrected chi connectivity index (χ3v) is 9.85. The maximum Gasteiger partial charge on any atom is 1.00 e. The maximum atomic E-state index is 9.87. The van der Waals surface area contributed by atoms with E-state index in [1.54, 1.807) is 0 Å². The fraction of sp³-hybridized carbons (Fsp3) is 0.255. The summed E-state index contributed by atoms with van der Waals surface area (Å²) in [5.74, 6) is 0.167. The average molecular weight is 907 g/mol. The number of ether oxygens (including phenoxy) is 1. The van der Waals surface area contributed by atoms with Gasteiger partial charge in [-0.3, -0.25) is 9.97 Å². The molecule has 324 valence electrons. The zero-order chi connectivity index (χ0) is 44.1. The van der Waals surface area contributed by atoms with Gasteiger partial charge >= 0.3 is 50.1 Å². The zero-order valence-corrected chi connectivity index (χ0v) is 37.2. The Morgan fingerprint density at radius 2 is 0.803 bits per heavy atom. The van der Waals surface area contributed by atoms with Gasteiger partial charge in [0.25, 0.3) is 0 Å². The van der Waals surface area contributed by atoms with Crippen molar-refractivity contribution >= 4 is 35.4 Å². The third kappa shape index (κ3) is 11.9. The van der Waals surface area contributed by atoms with Gasteiger partial charge in [0.15, 0.2) is 0 Å². The molecule has 1 aliphatic carbocycles. The molecule has 0 radical (unpaired) electrons. The number of carbonyl (C=O) groups excluding carboxylic acids is 1. The largest absolute Gasteiger partial charge is 1.00 e. The van der Waals surface area contributed by atoms with Crippen LogP contribution < -0.4 is 0 Å². The molecule has 14 heteroatoms. The van der Waals surface area contributed by atoms with Crippen molar-refractivity contribution in [3.63, 3.8) is 0 Å². The fourth-order valence-corrected chi connectivity index (χ4v) is 7.77. The predicted molar refractivity (Wildman–Crippen MR) is 230 cm³/mol. The summed E-state index contributed by atoms with van der Waals surface area (Å²) < 4.78 is 64.9. The number of aryl methyl sites for hydroxylation is 8. The van der Waals surface area contributed by atoms with E-state index in [0.29, 0.717) is 0 Å². The van der Waals surface area contributed by atoms with Crippen LogP contribution in [0, 0.1) is 55.4 Å². The van der Waals surface area contributed by atoms with Gasteiger partial charge in [-0.15, -0.1) is 0 Å². The van der Waals surface area contributed by atoms with Gasteiger partial charge in [0.05, 0.1) is 33.8 Å². The normalized spacial score (nSPS) is 15.7. The number of hydrogen-bond acceptors (Lipinski definition) is 6. The number of carbonyl (C=O) groups is 1. The second kappa shape index (κ2) is 16.7. The number of Topliss-reactive ketones (excluding diaryl/α,β-unsaturated/α-hetero) is 1. The number of hydrogen-bond donors (Lipinski definition) is 0. The van der Waals surface area contributed by atoms with Gasteiger partial charge in [-0.25, -0.2) is 9.97 Å². The second-order valence-corrected chi connectivity index (χ2v) is 17.7. The number of nitrogens with zero attached hydrogens (tertiary/aromatic N) is 4. The van der Waals surface area contributed by atoms with Crippen LogP contribution in [0.4, 0.5) is 25.2 Å². The quantitative estimate of drug-likeness (QED) is 0.0565. The number of aromatic nitrogens is 4. The minimum absolute atomic E-state index is 0. The predicted octanol–water partition coefficient (Wildman–Crippen LogP) is 14.8. The standard InChI is InChI=1S/C30H28N2.C14H12N2O.C3H6O.Cu.F6P/c1-17-13-19(3)27(20(4)14-17)25-11-9-23-7-8-24-10-12-26(32-30(24)29(23)31-25)28-21(5)15-18(2)16-22(28)6;1-7-3-5-9-11(15-7)12-10(14-13(9)17-14)6-4-8(2)16-12;1-3(2)4;;1-7(2,3,4,5)6/h7-16H,1-6H3;3-6,13-14H,1-2H3;1-2H3;;/q;;;+1;-1/t;13-,14+;;;. The molecule has 2 atom stereocenters. The molecule has 0 spiro atoms. The fourth-order valence-electron chi connectivity index (χ4n) is 7.77. The summed E-state index contributed by atoms with van der Waals surface area (Å²) in [6.45, 7) is 20.0. The van der Waals surface area contributed by atoms with E-state index in [9.17, 15) is 30.0 Å². The molecule has 61 heavy (non-hydrogen) atoms. The number of epoxide rings is 1. The Labute approximate surface area is 362 Å². The van der Waals surface area contributed by atoms with E-state index in [0.717, 1.165) is 56.0 Å². The molecule has 9 rings (SSSR count). The van der Waals surface area contributed by atoms with Crippen LogP contribution in [0.1, 0.15) is 82.0 Å². The summed E-state index contributed by atoms with van der Waals surface area (Å²) >= 11 is 0. The van der Waals surface area contributed by atoms with Crippen LogP contribution in [0.15, 0.2) is 84.9 Å². The summed E-state index contributed by atoms with van der Waals surface area (Å²) in [5, 5.41) is 2.23. The van der Waals surface area contributed by atoms with Gasteiger partial charge in [-0.1, -0.05) is 71.8 Å². The van der Waals surface area contributed by atoms with E-state index in [1.807, 2.05) is 26.0 Å². The topological polar surface area (TPSA) is 81.2 Å². The molecule has 0 amide bonds. The first-order valence-electron chi connectivity index (χ1n) is 19.3. The monoisotopic (exact) mass is 906 g/mol. The average Bonchev–Trinajstić information content (AvgIpc) is 3.91. The summed E-state index contributed by atoms with van der Waals surface area (Å²) in [6, 6.07) is 30.2. The smallest absolute Gasteiger partial charge is 1.00 e. The van der Waals surface area contributed by atoms with E-state index in [4.69, 9.17) is 14.7 Å². The van der Waals surface area contributed by atoms with Crippen molar-refractivity contribution in [2.75, 3.05) is 0 Å². The molecule has 0 saturated carbocycles. The number of ketones is 1. The molecule has 1 aliphatic heterocycles. The zero-order valence-electron chi connectivity index (χ0n) is 35.4. The molecule has 7 aromatic rings. The van der Waals surface area contributed by atoms with Crippen LogP contribution in [-0.4, -0.2) is 25.7 Å². The SMILES string of the molecule is CC(C)=O.Cc1cc(C)c(-c2ccc3ccc4ccc(-c5c(C)cc(C)cc5C)nc4c3n2)c(C)c1.Cc1ccc2c(n1)-c1nc(C)ccc1[C@@H]1O[C@H]21.F[P-](F)(F)(F)(F)F.[Cu+]. The maximum absolute atomic E-state index is 10.7. The molecule has 2 aliphatic rings. The molecule has 0 N–H and O–H groups in total. The van der Waals surface area contributed by atoms with Crippen molar-refractivity contribution in [1.82, 2.24) is 19.9 Å². The molecule has 4 aromatic heterocycles. The van der Waals surface area contributed by atoms with Gasteiger partial charge < -0.3 is 9.53 Å². The molecular formula is C47H46CuF6N4O2P. The van der Waals surface area contributed by atoms with Gasteiger partial charge in [0.1, 0.15) is 18.0 Å². The first kappa shape index (κ1) is 47.0. The van der Waals surface area contributed by atoms with Crippen molar-refractivity contribution in [2.45, 2.75) is 81.4 Å². The molecule has 6 nitrogen and oxygen atoms in total. The van der Waals surface area contributed by atoms with Crippen LogP contribution in [0.25, 0.3) is 55.7 Å². The van der Waals surface area contributed by atoms with Gasteiger partial charge in [0, 0.05) is 44.4 Å². The van der Waals surface area contributed by atoms with E-state index < -0.39 is 7.81 Å². The van der Waals surface area contributed by atoms with Crippen molar-refractivity contribution in [3.05, 3.63) is 141 Å². The molecule has 1 saturated heterocycles. The number of rotatable bonds is 2. The second-order valence-electron chi connectivity index (χ2n) is 15.8. The third-order valence-electron chi connectivity index (χ3n) is 9.85. The molecule has 0 unspecified atom stereocenters. The molecule has 5 heterocycles. The Balaban J connectivity index is 0.000000201. The summed E-state index contributed by atoms with van der Waals surface area (Å²) in [6.07, 6.45) is 0.408. The number of halogens is 6. The van der Waals surface area contributed by atoms with Gasteiger partial charge in [-0.05, 0) is 116 Å². The summed E-state index contributed by atoms with van der Waals surface area (Å²) in [7, 11) is -10.7. The van der Waals surface area contributed by atoms with E-state index >= 15 is 0 Å². The van der Waals surface area contributed by atoms with Crippen LogP contribution in [0.3, 0.4) is 0 Å². The van der Waals surface area contributed by atoms with Crippen LogP contribution in [0.5, 0.6) is 0 Å². The minimum Gasteiger partial charge on any atom is 1.00 e. The Bertz CT molecular complexity index is 2620. The Morgan fingerprint density at radius 3 is 1.11 bits per heavy atom. The van der Waals surface area contributed by atoms with Gasteiger partial charge in [0.2, 0.25) is 0 Å². The minimum atomic E-state index is -10.7. The van der Waals surface area contributed by atoms with E-state index in [2.05, 4.69) is 124 Å². The molecule has 0 bridgehead atoms. The number of benzene rings is 3. The van der Waals surface area contributed by atoms with Crippen LogP contribution in [0.2, 0.25) is 0 Å². The van der Waals surface area contributed by atoms with Crippen molar-refractivity contribution in [3.8, 4) is 33.9 Å². The number of pyridine rings is 4.